The summed E-state index contributed by atoms with van der Waals surface area (Å²) in [6, 6.07) is 3.09. The Morgan fingerprint density at radius 1 is 1.25 bits per heavy atom. The van der Waals surface area contributed by atoms with Crippen LogP contribution in [0.4, 0.5) is 10.2 Å². The van der Waals surface area contributed by atoms with E-state index >= 15 is 0 Å². The van der Waals surface area contributed by atoms with Gasteiger partial charge >= 0.3 is 7.05 Å². The smallest absolute Gasteiger partial charge is 0.376 e. The van der Waals surface area contributed by atoms with Crippen LogP contribution in [0.5, 0.6) is 0 Å². The molecule has 124 valence electrons. The molecule has 0 atom stereocenters. The molecule has 10 heteroatoms. The standard InChI is InChI=1S/C14H15BBrFN6O/c1-15(24)22-4-2-21(3-5-22)13-14-20-18-8-23(14)12-6-9(16)10(17)7-11(12)19-13/h6-8,24H,2-5H2,1H3. The third-order valence-electron chi connectivity index (χ3n) is 4.39. The number of piperazine rings is 1. The van der Waals surface area contributed by atoms with Crippen molar-refractivity contribution < 1.29 is 9.41 Å². The number of aromatic nitrogens is 4. The first-order valence-corrected chi connectivity index (χ1v) is 8.49. The molecule has 3 aromatic rings. The van der Waals surface area contributed by atoms with Crippen LogP contribution in [0.25, 0.3) is 16.7 Å². The molecular formula is C14H15BBrFN6O. The number of halogens is 2. The van der Waals surface area contributed by atoms with E-state index in [4.69, 9.17) is 0 Å². The normalized spacial score (nSPS) is 16.2. The van der Waals surface area contributed by atoms with Gasteiger partial charge in [0.1, 0.15) is 12.1 Å². The van der Waals surface area contributed by atoms with Crippen molar-refractivity contribution in [2.75, 3.05) is 31.1 Å². The molecule has 1 aliphatic rings. The van der Waals surface area contributed by atoms with Gasteiger partial charge in [-0.3, -0.25) is 4.40 Å². The van der Waals surface area contributed by atoms with Gasteiger partial charge in [0, 0.05) is 32.2 Å². The van der Waals surface area contributed by atoms with Crippen molar-refractivity contribution in [2.45, 2.75) is 6.82 Å². The second-order valence-corrected chi connectivity index (χ2v) is 6.72. The quantitative estimate of drug-likeness (QED) is 0.665. The van der Waals surface area contributed by atoms with Crippen LogP contribution in [-0.4, -0.2) is 62.6 Å². The predicted molar refractivity (Wildman–Crippen MR) is 93.6 cm³/mol. The molecule has 0 spiro atoms. The summed E-state index contributed by atoms with van der Waals surface area (Å²) in [5.41, 5.74) is 1.94. The SMILES string of the molecule is CB(O)N1CCN(c2nc3cc(F)c(Br)cc3n3cnnc23)CC1. The fourth-order valence-corrected chi connectivity index (χ4v) is 3.39. The lowest BCUT2D eigenvalue weighted by Crippen LogP contribution is -2.51. The Kier molecular flexibility index (Phi) is 3.90. The highest BCUT2D eigenvalue weighted by molar-refractivity contribution is 9.10. The molecule has 2 aromatic heterocycles. The third kappa shape index (κ3) is 2.54. The molecule has 0 aliphatic carbocycles. The Balaban J connectivity index is 1.80. The minimum atomic E-state index is -0.462. The molecule has 24 heavy (non-hydrogen) atoms. The van der Waals surface area contributed by atoms with E-state index in [-0.39, 0.29) is 5.82 Å². The van der Waals surface area contributed by atoms with Crippen LogP contribution in [0.1, 0.15) is 0 Å². The van der Waals surface area contributed by atoms with Gasteiger partial charge in [-0.15, -0.1) is 10.2 Å². The van der Waals surface area contributed by atoms with E-state index in [9.17, 15) is 9.41 Å². The second-order valence-electron chi connectivity index (χ2n) is 5.87. The molecule has 4 rings (SSSR count). The Morgan fingerprint density at radius 2 is 2.00 bits per heavy atom. The minimum Gasteiger partial charge on any atom is -0.437 e. The van der Waals surface area contributed by atoms with Gasteiger partial charge in [-0.25, -0.2) is 9.37 Å². The number of benzene rings is 1. The summed E-state index contributed by atoms with van der Waals surface area (Å²) in [7, 11) is -0.462. The van der Waals surface area contributed by atoms with Crippen LogP contribution in [0.3, 0.4) is 0 Å². The van der Waals surface area contributed by atoms with Crippen LogP contribution in [-0.2, 0) is 0 Å². The van der Waals surface area contributed by atoms with Crippen molar-refractivity contribution in [1.82, 2.24) is 24.4 Å². The predicted octanol–water partition coefficient (Wildman–Crippen LogP) is 1.41. The van der Waals surface area contributed by atoms with Crippen molar-refractivity contribution in [3.8, 4) is 0 Å². The number of anilines is 1. The monoisotopic (exact) mass is 392 g/mol. The van der Waals surface area contributed by atoms with E-state index in [0.29, 0.717) is 34.5 Å². The highest BCUT2D eigenvalue weighted by Crippen LogP contribution is 2.27. The van der Waals surface area contributed by atoms with Crippen molar-refractivity contribution in [2.24, 2.45) is 0 Å². The summed E-state index contributed by atoms with van der Waals surface area (Å²) in [4.78, 5) is 8.73. The molecule has 0 saturated carbocycles. The zero-order valence-corrected chi connectivity index (χ0v) is 14.6. The van der Waals surface area contributed by atoms with Crippen molar-refractivity contribution in [3.05, 3.63) is 28.7 Å². The van der Waals surface area contributed by atoms with Crippen molar-refractivity contribution in [1.29, 1.82) is 0 Å². The van der Waals surface area contributed by atoms with Gasteiger partial charge in [-0.1, -0.05) is 0 Å². The maximum Gasteiger partial charge on any atom is 0.376 e. The topological polar surface area (TPSA) is 69.8 Å². The number of hydrogen-bond acceptors (Lipinski definition) is 6. The molecule has 3 heterocycles. The fraction of sp³-hybridized carbons (Fsp3) is 0.357. The number of fused-ring (bicyclic) bond motifs is 3. The molecule has 1 aromatic carbocycles. The van der Waals surface area contributed by atoms with Gasteiger partial charge in [0.05, 0.1) is 15.5 Å². The first-order chi connectivity index (χ1) is 11.5. The van der Waals surface area contributed by atoms with Crippen molar-refractivity contribution in [3.63, 3.8) is 0 Å². The van der Waals surface area contributed by atoms with Crippen molar-refractivity contribution >= 4 is 45.5 Å². The summed E-state index contributed by atoms with van der Waals surface area (Å²) < 4.78 is 16.1. The van der Waals surface area contributed by atoms with Crippen LogP contribution in [0, 0.1) is 5.82 Å². The number of hydrogen-bond donors (Lipinski definition) is 1. The fourth-order valence-electron chi connectivity index (χ4n) is 3.06. The Hall–Kier alpha value is -1.78. The van der Waals surface area contributed by atoms with Gasteiger partial charge in [-0.2, -0.15) is 0 Å². The molecule has 1 fully saturated rings. The van der Waals surface area contributed by atoms with Crippen LogP contribution < -0.4 is 4.90 Å². The summed E-state index contributed by atoms with van der Waals surface area (Å²) in [5.74, 6) is 0.333. The second kappa shape index (κ2) is 5.94. The molecule has 0 unspecified atom stereocenters. The highest BCUT2D eigenvalue weighted by atomic mass is 79.9. The first-order valence-electron chi connectivity index (χ1n) is 7.70. The zero-order chi connectivity index (χ0) is 16.8. The lowest BCUT2D eigenvalue weighted by atomic mass is 9.84. The Bertz CT molecular complexity index is 911. The average Bonchev–Trinajstić information content (AvgIpc) is 3.05. The average molecular weight is 393 g/mol. The van der Waals surface area contributed by atoms with Gasteiger partial charge in [0.25, 0.3) is 0 Å². The first kappa shape index (κ1) is 15.7. The molecule has 0 bridgehead atoms. The van der Waals surface area contributed by atoms with Gasteiger partial charge in [-0.05, 0) is 28.8 Å². The summed E-state index contributed by atoms with van der Waals surface area (Å²) in [6.45, 7) is 4.65. The van der Waals surface area contributed by atoms with Crippen LogP contribution >= 0.6 is 15.9 Å². The van der Waals surface area contributed by atoms with E-state index in [0.717, 1.165) is 18.6 Å². The van der Waals surface area contributed by atoms with E-state index in [1.807, 2.05) is 9.21 Å². The molecular weight excluding hydrogens is 378 g/mol. The van der Waals surface area contributed by atoms with Crippen LogP contribution in [0.2, 0.25) is 6.82 Å². The maximum absolute atomic E-state index is 13.9. The van der Waals surface area contributed by atoms with Gasteiger partial charge in [0.15, 0.2) is 5.82 Å². The Morgan fingerprint density at radius 3 is 2.71 bits per heavy atom. The van der Waals surface area contributed by atoms with Gasteiger partial charge in [0.2, 0.25) is 5.65 Å². The number of nitrogens with zero attached hydrogens (tertiary/aromatic N) is 6. The lowest BCUT2D eigenvalue weighted by Gasteiger charge is -2.36. The Labute approximate surface area is 146 Å². The lowest BCUT2D eigenvalue weighted by molar-refractivity contribution is 0.344. The highest BCUT2D eigenvalue weighted by Gasteiger charge is 2.25. The largest absolute Gasteiger partial charge is 0.437 e. The van der Waals surface area contributed by atoms with E-state index in [1.165, 1.54) is 6.07 Å². The summed E-state index contributed by atoms with van der Waals surface area (Å²) >= 11 is 3.21. The van der Waals surface area contributed by atoms with Crippen LogP contribution in [0.15, 0.2) is 22.9 Å². The van der Waals surface area contributed by atoms with E-state index in [2.05, 4.69) is 36.0 Å². The molecule has 1 aliphatic heterocycles. The third-order valence-corrected chi connectivity index (χ3v) is 5.00. The molecule has 0 radical (unpaired) electrons. The zero-order valence-electron chi connectivity index (χ0n) is 13.0. The van der Waals surface area contributed by atoms with E-state index in [1.54, 1.807) is 19.2 Å². The molecule has 1 saturated heterocycles. The van der Waals surface area contributed by atoms with E-state index < -0.39 is 7.05 Å². The molecule has 7 nitrogen and oxygen atoms in total. The number of rotatable bonds is 2. The van der Waals surface area contributed by atoms with Gasteiger partial charge < -0.3 is 14.7 Å². The summed E-state index contributed by atoms with van der Waals surface area (Å²) in [6.07, 6.45) is 1.61. The molecule has 0 amide bonds. The molecule has 1 N–H and O–H groups in total. The summed E-state index contributed by atoms with van der Waals surface area (Å²) in [5, 5.41) is 17.9. The maximum atomic E-state index is 13.9. The minimum absolute atomic E-state index is 0.354.